The summed E-state index contributed by atoms with van der Waals surface area (Å²) < 4.78 is 0.487. The van der Waals surface area contributed by atoms with Gasteiger partial charge >= 0.3 is 0 Å². The van der Waals surface area contributed by atoms with E-state index in [0.717, 1.165) is 18.9 Å². The van der Waals surface area contributed by atoms with Crippen molar-refractivity contribution in [2.75, 3.05) is 11.9 Å². The molecule has 1 aromatic rings. The summed E-state index contributed by atoms with van der Waals surface area (Å²) in [6.45, 7) is 0.881. The highest BCUT2D eigenvalue weighted by Gasteiger charge is 2.14. The van der Waals surface area contributed by atoms with E-state index in [0.29, 0.717) is 10.3 Å². The largest absolute Gasteiger partial charge is 0.369 e. The topological polar surface area (TPSA) is 57.8 Å². The standard InChI is InChI=1S/C12H18BrN3O/c13-10-11(15-8-16-12(10)17)14-7-3-6-9-4-1-2-5-9/h8-9H,1-7H2,(H2,14,15,16,17). The van der Waals surface area contributed by atoms with Gasteiger partial charge in [-0.05, 0) is 34.7 Å². The summed E-state index contributed by atoms with van der Waals surface area (Å²) in [7, 11) is 0. The summed E-state index contributed by atoms with van der Waals surface area (Å²) >= 11 is 3.23. The number of nitrogens with one attached hydrogen (secondary N) is 2. The van der Waals surface area contributed by atoms with Gasteiger partial charge in [0.1, 0.15) is 10.3 Å². The predicted octanol–water partition coefficient (Wildman–Crippen LogP) is 2.91. The molecule has 1 aliphatic rings. The summed E-state index contributed by atoms with van der Waals surface area (Å²) in [5.41, 5.74) is -0.140. The fraction of sp³-hybridized carbons (Fsp3) is 0.667. The van der Waals surface area contributed by atoms with E-state index >= 15 is 0 Å². The maximum atomic E-state index is 11.3. The highest BCUT2D eigenvalue weighted by atomic mass is 79.9. The Bertz CT molecular complexity index is 412. The van der Waals surface area contributed by atoms with Gasteiger partial charge in [0.05, 0.1) is 6.33 Å². The van der Waals surface area contributed by atoms with Crippen LogP contribution in [0, 0.1) is 5.92 Å². The van der Waals surface area contributed by atoms with Crippen LogP contribution in [0.5, 0.6) is 0 Å². The van der Waals surface area contributed by atoms with Crippen LogP contribution in [-0.4, -0.2) is 16.5 Å². The summed E-state index contributed by atoms with van der Waals surface area (Å²) in [6.07, 6.45) is 9.45. The Morgan fingerprint density at radius 3 is 3.00 bits per heavy atom. The lowest BCUT2D eigenvalue weighted by Crippen LogP contribution is -2.13. The second-order valence-electron chi connectivity index (χ2n) is 4.61. The molecule has 4 nitrogen and oxygen atoms in total. The van der Waals surface area contributed by atoms with Crippen LogP contribution in [0.15, 0.2) is 15.6 Å². The van der Waals surface area contributed by atoms with E-state index in [1.54, 1.807) is 0 Å². The van der Waals surface area contributed by atoms with Gasteiger partial charge in [-0.3, -0.25) is 4.79 Å². The minimum atomic E-state index is -0.140. The number of aromatic nitrogens is 2. The molecule has 17 heavy (non-hydrogen) atoms. The molecule has 1 aromatic heterocycles. The molecule has 5 heteroatoms. The predicted molar refractivity (Wildman–Crippen MR) is 72.2 cm³/mol. The first-order valence-electron chi connectivity index (χ1n) is 6.24. The number of halogens is 1. The van der Waals surface area contributed by atoms with Crippen molar-refractivity contribution in [2.24, 2.45) is 5.92 Å². The molecule has 0 aromatic carbocycles. The molecule has 0 spiro atoms. The third-order valence-electron chi connectivity index (χ3n) is 3.35. The number of nitrogens with zero attached hydrogens (tertiary/aromatic N) is 1. The van der Waals surface area contributed by atoms with Gasteiger partial charge in [0.25, 0.3) is 5.56 Å². The molecule has 0 saturated heterocycles. The van der Waals surface area contributed by atoms with Crippen LogP contribution >= 0.6 is 15.9 Å². The van der Waals surface area contributed by atoms with E-state index in [9.17, 15) is 4.79 Å². The van der Waals surface area contributed by atoms with Crippen LogP contribution < -0.4 is 10.9 Å². The minimum absolute atomic E-state index is 0.140. The summed E-state index contributed by atoms with van der Waals surface area (Å²) in [4.78, 5) is 17.9. The van der Waals surface area contributed by atoms with Crippen molar-refractivity contribution in [1.82, 2.24) is 9.97 Å². The third-order valence-corrected chi connectivity index (χ3v) is 4.09. The first-order valence-corrected chi connectivity index (χ1v) is 7.03. The molecule has 1 heterocycles. The van der Waals surface area contributed by atoms with Crippen molar-refractivity contribution in [2.45, 2.75) is 38.5 Å². The SMILES string of the molecule is O=c1[nH]cnc(NCCCC2CCCC2)c1Br. The van der Waals surface area contributed by atoms with Gasteiger partial charge in [-0.15, -0.1) is 0 Å². The maximum Gasteiger partial charge on any atom is 0.267 e. The molecule has 1 fully saturated rings. The van der Waals surface area contributed by atoms with Gasteiger partial charge in [-0.1, -0.05) is 25.7 Å². The molecular formula is C12H18BrN3O. The lowest BCUT2D eigenvalue weighted by molar-refractivity contribution is 0.491. The van der Waals surface area contributed by atoms with Gasteiger partial charge < -0.3 is 10.3 Å². The zero-order chi connectivity index (χ0) is 12.1. The van der Waals surface area contributed by atoms with Gasteiger partial charge in [-0.25, -0.2) is 4.98 Å². The van der Waals surface area contributed by atoms with Crippen molar-refractivity contribution >= 4 is 21.7 Å². The van der Waals surface area contributed by atoms with Crippen molar-refractivity contribution in [3.8, 4) is 0 Å². The Kier molecular flexibility index (Phi) is 4.59. The molecule has 2 rings (SSSR count). The number of H-pyrrole nitrogens is 1. The zero-order valence-electron chi connectivity index (χ0n) is 9.84. The second kappa shape index (κ2) is 6.19. The van der Waals surface area contributed by atoms with Crippen LogP contribution in [0.25, 0.3) is 0 Å². The van der Waals surface area contributed by atoms with E-state index in [2.05, 4.69) is 31.2 Å². The number of rotatable bonds is 5. The van der Waals surface area contributed by atoms with Gasteiger partial charge in [-0.2, -0.15) is 0 Å². The molecular weight excluding hydrogens is 282 g/mol. The molecule has 0 bridgehead atoms. The average Bonchev–Trinajstić information content (AvgIpc) is 2.83. The second-order valence-corrected chi connectivity index (χ2v) is 5.41. The van der Waals surface area contributed by atoms with Gasteiger partial charge in [0, 0.05) is 6.54 Å². The molecule has 0 unspecified atom stereocenters. The lowest BCUT2D eigenvalue weighted by atomic mass is 10.0. The first kappa shape index (κ1) is 12.6. The molecule has 94 valence electrons. The molecule has 0 aliphatic heterocycles. The van der Waals surface area contributed by atoms with Gasteiger partial charge in [0.2, 0.25) is 0 Å². The van der Waals surface area contributed by atoms with Crippen LogP contribution in [0.1, 0.15) is 38.5 Å². The van der Waals surface area contributed by atoms with Gasteiger partial charge in [0.15, 0.2) is 0 Å². The average molecular weight is 300 g/mol. The Hall–Kier alpha value is -0.840. The van der Waals surface area contributed by atoms with E-state index < -0.39 is 0 Å². The minimum Gasteiger partial charge on any atom is -0.369 e. The fourth-order valence-corrected chi connectivity index (χ4v) is 2.76. The lowest BCUT2D eigenvalue weighted by Gasteiger charge is -2.10. The smallest absolute Gasteiger partial charge is 0.267 e. The highest BCUT2D eigenvalue weighted by molar-refractivity contribution is 9.10. The van der Waals surface area contributed by atoms with Crippen molar-refractivity contribution in [3.63, 3.8) is 0 Å². The number of hydrogen-bond donors (Lipinski definition) is 2. The molecule has 2 N–H and O–H groups in total. The van der Waals surface area contributed by atoms with E-state index in [4.69, 9.17) is 0 Å². The van der Waals surface area contributed by atoms with Crippen LogP contribution in [0.3, 0.4) is 0 Å². The Morgan fingerprint density at radius 1 is 1.47 bits per heavy atom. The monoisotopic (exact) mass is 299 g/mol. The third kappa shape index (κ3) is 3.56. The highest BCUT2D eigenvalue weighted by Crippen LogP contribution is 2.28. The van der Waals surface area contributed by atoms with Crippen molar-refractivity contribution < 1.29 is 0 Å². The molecule has 1 saturated carbocycles. The van der Waals surface area contributed by atoms with E-state index in [1.165, 1.54) is 38.4 Å². The normalized spacial score (nSPS) is 16.3. The van der Waals surface area contributed by atoms with E-state index in [-0.39, 0.29) is 5.56 Å². The Morgan fingerprint density at radius 2 is 2.24 bits per heavy atom. The number of anilines is 1. The van der Waals surface area contributed by atoms with Crippen LogP contribution in [0.2, 0.25) is 0 Å². The first-order chi connectivity index (χ1) is 8.27. The Balaban J connectivity index is 1.74. The molecule has 0 atom stereocenters. The molecule has 0 radical (unpaired) electrons. The van der Waals surface area contributed by atoms with E-state index in [1.807, 2.05) is 0 Å². The number of aromatic amines is 1. The maximum absolute atomic E-state index is 11.3. The van der Waals surface area contributed by atoms with Crippen molar-refractivity contribution in [3.05, 3.63) is 21.2 Å². The fourth-order valence-electron chi connectivity index (χ4n) is 2.40. The summed E-state index contributed by atoms with van der Waals surface area (Å²) in [5, 5.41) is 3.20. The summed E-state index contributed by atoms with van der Waals surface area (Å²) in [6, 6.07) is 0. The van der Waals surface area contributed by atoms with Crippen LogP contribution in [-0.2, 0) is 0 Å². The number of hydrogen-bond acceptors (Lipinski definition) is 3. The zero-order valence-corrected chi connectivity index (χ0v) is 11.4. The van der Waals surface area contributed by atoms with Crippen molar-refractivity contribution in [1.29, 1.82) is 0 Å². The quantitative estimate of drug-likeness (QED) is 0.822. The summed E-state index contributed by atoms with van der Waals surface area (Å²) in [5.74, 6) is 1.56. The van der Waals surface area contributed by atoms with Crippen LogP contribution in [0.4, 0.5) is 5.82 Å². The Labute approximate surface area is 109 Å². The molecule has 1 aliphatic carbocycles. The molecule has 0 amide bonds.